The highest BCUT2D eigenvalue weighted by molar-refractivity contribution is 6.34. The number of benzene rings is 8. The fraction of sp³-hybridized carbons (Fsp3) is 0.0323. The monoisotopic (exact) mass is 1510 g/mol. The van der Waals surface area contributed by atoms with Gasteiger partial charge in [0.15, 0.2) is 34.7 Å². The number of hydrogen-bond acceptors (Lipinski definition) is 11. The predicted octanol–water partition coefficient (Wildman–Crippen LogP) is 22.6. The summed E-state index contributed by atoms with van der Waals surface area (Å²) >= 11 is 0. The molecule has 0 saturated carbocycles. The van der Waals surface area contributed by atoms with E-state index < -0.39 is 68.3 Å². The van der Waals surface area contributed by atoms with Crippen molar-refractivity contribution >= 4 is 95.6 Å². The zero-order chi connectivity index (χ0) is 84.2. The van der Waals surface area contributed by atoms with Crippen LogP contribution in [0.1, 0.15) is 112 Å². The summed E-state index contributed by atoms with van der Waals surface area (Å²) in [5.41, 5.74) is 1.02. The van der Waals surface area contributed by atoms with Crippen LogP contribution >= 0.6 is 0 Å². The zero-order valence-corrected chi connectivity index (χ0v) is 60.6. The van der Waals surface area contributed by atoms with Crippen molar-refractivity contribution in [2.75, 3.05) is 0 Å². The minimum absolute atomic E-state index is 0.00104. The molecule has 116 heavy (non-hydrogen) atoms. The predicted molar refractivity (Wildman–Crippen MR) is 426 cm³/mol. The van der Waals surface area contributed by atoms with Gasteiger partial charge in [-0.3, -0.25) is 9.97 Å². The first-order valence-electron chi connectivity index (χ1n) is 33.4. The summed E-state index contributed by atoms with van der Waals surface area (Å²) in [5, 5.41) is 82.9. The first kappa shape index (κ1) is 81.5. The quantitative estimate of drug-likeness (QED) is 0.0653. The van der Waals surface area contributed by atoms with Crippen LogP contribution in [0.3, 0.4) is 0 Å². The molecule has 0 fully saturated rings. The molecule has 0 radical (unpaired) electrons. The van der Waals surface area contributed by atoms with E-state index in [1.54, 1.807) is 60.7 Å². The third-order valence-corrected chi connectivity index (χ3v) is 18.4. The highest BCUT2D eigenvalue weighted by Crippen LogP contribution is 2.58. The lowest BCUT2D eigenvalue weighted by atomic mass is 9.86. The van der Waals surface area contributed by atoms with Gasteiger partial charge in [-0.05, 0) is 181 Å². The van der Waals surface area contributed by atoms with Gasteiger partial charge in [-0.25, -0.2) is 66.4 Å². The van der Waals surface area contributed by atoms with E-state index in [2.05, 4.69) is 75.2 Å². The van der Waals surface area contributed by atoms with Gasteiger partial charge in [-0.1, -0.05) is 127 Å². The zero-order valence-electron chi connectivity index (χ0n) is 60.6. The number of nitriles is 9. The van der Waals surface area contributed by atoms with Crippen molar-refractivity contribution in [2.45, 2.75) is 20.8 Å². The smallest absolute Gasteiger partial charge is 0.230 e. The lowest BCUT2D eigenvalue weighted by Crippen LogP contribution is -2.05. The minimum Gasteiger partial charge on any atom is -0.267 e. The molecule has 4 aliphatic rings. The van der Waals surface area contributed by atoms with Crippen LogP contribution < -0.4 is 0 Å². The Balaban J connectivity index is 0.000000239. The van der Waals surface area contributed by atoms with Gasteiger partial charge in [0.05, 0.1) is 114 Å². The fourth-order valence-electron chi connectivity index (χ4n) is 13.0. The topological polar surface area (TPSA) is 270 Å². The Morgan fingerprint density at radius 2 is 0.897 bits per heavy atom. The van der Waals surface area contributed by atoms with E-state index in [1.165, 1.54) is 86.9 Å². The van der Waals surface area contributed by atoms with Crippen molar-refractivity contribution in [3.8, 4) is 55.6 Å². The molecule has 18 nitrogen and oxygen atoms in total. The van der Waals surface area contributed by atoms with Crippen molar-refractivity contribution in [3.05, 3.63) is 415 Å². The van der Waals surface area contributed by atoms with E-state index >= 15 is 22.0 Å². The lowest BCUT2D eigenvalue weighted by molar-refractivity contribution is 0.493. The molecule has 0 N–H and O–H groups in total. The summed E-state index contributed by atoms with van der Waals surface area (Å²) in [7, 11) is 0. The molecule has 0 saturated heterocycles. The second kappa shape index (κ2) is 36.4. The van der Waals surface area contributed by atoms with E-state index in [0.29, 0.717) is 67.3 Å². The maximum absolute atomic E-state index is 16.3. The Hall–Kier alpha value is -18.5. The average Bonchev–Trinajstić information content (AvgIpc) is 1.54. The fourth-order valence-corrected chi connectivity index (χ4v) is 13.0. The molecule has 23 heteroatoms. The van der Waals surface area contributed by atoms with Crippen molar-refractivity contribution in [2.24, 2.45) is 0 Å². The molecule has 540 valence electrons. The van der Waals surface area contributed by atoms with Gasteiger partial charge in [0.2, 0.25) is 28.5 Å². The van der Waals surface area contributed by atoms with E-state index in [0.717, 1.165) is 6.92 Å². The maximum Gasteiger partial charge on any atom is 0.230 e. The molecule has 4 aliphatic carbocycles. The van der Waals surface area contributed by atoms with Crippen molar-refractivity contribution in [1.29, 1.82) is 47.4 Å². The van der Waals surface area contributed by atoms with E-state index in [9.17, 15) is 31.6 Å². The molecule has 10 aromatic rings. The normalized spacial score (nSPS) is 13.3. The number of hydrogen-bond donors (Lipinski definition) is 0. The van der Waals surface area contributed by atoms with E-state index in [1.807, 2.05) is 84.9 Å². The molecule has 0 spiro atoms. The van der Waals surface area contributed by atoms with Gasteiger partial charge >= 0.3 is 0 Å². The number of nitrogens with zero attached hydrogens (tertiary/aromatic N) is 18. The summed E-state index contributed by atoms with van der Waals surface area (Å²) in [6.07, 6.45) is 6.00. The summed E-state index contributed by atoms with van der Waals surface area (Å²) in [6.45, 7) is 65.1. The molecular formula is C93H43F5N18. The van der Waals surface area contributed by atoms with Gasteiger partial charge in [-0.15, -0.1) is 0 Å². The van der Waals surface area contributed by atoms with Crippen LogP contribution in [-0.4, -0.2) is 9.97 Å². The third kappa shape index (κ3) is 15.1. The number of pyridine rings is 2. The van der Waals surface area contributed by atoms with Gasteiger partial charge in [0.25, 0.3) is 0 Å². The minimum atomic E-state index is -1.85. The average molecular weight is 1510 g/mol. The van der Waals surface area contributed by atoms with Crippen LogP contribution in [0.5, 0.6) is 0 Å². The molecular weight excluding hydrogens is 1460 g/mol. The maximum atomic E-state index is 16.3. The molecule has 0 unspecified atom stereocenters. The summed E-state index contributed by atoms with van der Waals surface area (Å²) in [5.74, 6) is -8.00. The molecule has 0 bridgehead atoms. The first-order chi connectivity index (χ1) is 56.3. The third-order valence-electron chi connectivity index (χ3n) is 18.4. The van der Waals surface area contributed by atoms with Crippen LogP contribution in [-0.2, 0) is 0 Å². The van der Waals surface area contributed by atoms with Crippen molar-refractivity contribution in [3.63, 3.8) is 0 Å². The van der Waals surface area contributed by atoms with Gasteiger partial charge in [0.1, 0.15) is 36.2 Å². The Morgan fingerprint density at radius 3 is 1.39 bits per heavy atom. The molecule has 8 aromatic carbocycles. The Morgan fingerprint density at radius 1 is 0.388 bits per heavy atom. The number of aromatic nitrogens is 2. The Labute approximate surface area is 662 Å². The van der Waals surface area contributed by atoms with E-state index in [4.69, 9.17) is 61.8 Å². The van der Waals surface area contributed by atoms with Crippen LogP contribution in [0.15, 0.2) is 194 Å². The highest BCUT2D eigenvalue weighted by Gasteiger charge is 2.40. The number of allylic oxidation sites excluding steroid dienone is 12. The van der Waals surface area contributed by atoms with Gasteiger partial charge in [0, 0.05) is 31.1 Å². The Bertz CT molecular complexity index is 6290. The van der Waals surface area contributed by atoms with Crippen LogP contribution in [0.4, 0.5) is 39.0 Å². The number of halogens is 5. The summed E-state index contributed by atoms with van der Waals surface area (Å²) in [4.78, 5) is 32.9. The standard InChI is InChI=1S/C49H19F5N8.C30H10N8.2C6H6.2CHN/c1-22-23(2)36(44(52)43(51)33(22)19-56)49(62-7)40-30-17-32-31(16-29(30)34(20-57)37(40)26-10-8-25(18-55)9-11-26)39(38(48(32)61-6)27-12-14-28(59-4)15-13-27)35(21-58)41-42(50)24(3)47(60-5)46(54)45(41)53;1-34-19-5-7-27(38-16-19)26(14-33)23-11-29(35-2)24-10-21-20(9-22(23)24)18(13-32)8-25(21)30(36-3)28-6-4-17(12-31)15-37-28;2*1-2-4-6-5-3-1;2*1-2/h8-17H,1-3H3;4-11,15-16H;2*1-6H;2*1H/b39-35-,49-40+;26-23+,30-25-;;;;. The molecule has 14 rings (SSSR count). The summed E-state index contributed by atoms with van der Waals surface area (Å²) < 4.78 is 79.7. The van der Waals surface area contributed by atoms with Crippen LogP contribution in [0.2, 0.25) is 0 Å². The summed E-state index contributed by atoms with van der Waals surface area (Å²) in [6, 6.07) is 61.9. The molecule has 2 heterocycles. The largest absolute Gasteiger partial charge is 0.267 e. The lowest BCUT2D eigenvalue weighted by Gasteiger charge is -2.18. The van der Waals surface area contributed by atoms with Gasteiger partial charge in [-0.2, -0.15) is 36.8 Å². The van der Waals surface area contributed by atoms with Crippen molar-refractivity contribution < 1.29 is 22.0 Å². The SMILES string of the molecule is C#N.C#N.[C-]#[N+]C1=C(c2ccc([N+]#[C-])cc2)/C(=C(/C#N)c2c(F)c(C)c([N+]#[C-])c(F)c2F)c2cc3c(cc21)/C(=C(\[N+]#[C-])c1c(C)c(C)c(C#N)c(F)c1F)C(c1ccc(C#N)cc1)=C3C#N.[C-]#[N+]C1=C/C(=C(/C#N)c2ccc([N+]#[C-])cn2)c2cc3c(cc21)/C(=C(\[N+]#[C-])c1ccc(C#N)cn1)C=C3C#N.c1ccccc1.c1ccccc1. The molecule has 0 atom stereocenters. The molecule has 0 aliphatic heterocycles. The Kier molecular flexibility index (Phi) is 25.6. The van der Waals surface area contributed by atoms with Crippen LogP contribution in [0, 0.1) is 199 Å². The molecule has 0 amide bonds. The number of rotatable bonds is 6. The first-order valence-corrected chi connectivity index (χ1v) is 33.4. The van der Waals surface area contributed by atoms with Gasteiger partial charge < -0.3 is 0 Å². The number of fused-ring (bicyclic) bond motifs is 4. The molecule has 2 aromatic heterocycles. The van der Waals surface area contributed by atoms with Crippen LogP contribution in [0.25, 0.3) is 112 Å². The highest BCUT2D eigenvalue weighted by atomic mass is 19.2. The van der Waals surface area contributed by atoms with E-state index in [-0.39, 0.29) is 101 Å². The second-order valence-electron chi connectivity index (χ2n) is 24.2. The van der Waals surface area contributed by atoms with Crippen molar-refractivity contribution in [1.82, 2.24) is 9.97 Å². The second-order valence-corrected chi connectivity index (χ2v) is 24.2.